The number of nitrogens with zero attached hydrogens (tertiary/aromatic N) is 3. The zero-order chi connectivity index (χ0) is 19.2. The molecule has 8 heteroatoms. The number of ether oxygens (including phenoxy) is 2. The number of amides is 1. The summed E-state index contributed by atoms with van der Waals surface area (Å²) in [5, 5.41) is 3.60. The average molecular weight is 383 g/mol. The fourth-order valence-corrected chi connectivity index (χ4v) is 3.14. The van der Waals surface area contributed by atoms with Crippen LogP contribution in [0, 0.1) is 5.92 Å². The van der Waals surface area contributed by atoms with Crippen LogP contribution in [0.2, 0.25) is 0 Å². The molecule has 2 rings (SSSR count). The van der Waals surface area contributed by atoms with E-state index in [1.54, 1.807) is 0 Å². The van der Waals surface area contributed by atoms with Crippen molar-refractivity contribution >= 4 is 23.7 Å². The quantitative estimate of drug-likeness (QED) is 0.597. The van der Waals surface area contributed by atoms with Crippen molar-refractivity contribution in [1.29, 1.82) is 0 Å². The number of carbonyl (C=O) groups excluding carboxylic acids is 1. The van der Waals surface area contributed by atoms with Gasteiger partial charge in [0.2, 0.25) is 5.88 Å². The van der Waals surface area contributed by atoms with Gasteiger partial charge in [0.05, 0.1) is 6.61 Å². The Kier molecular flexibility index (Phi) is 7.37. The van der Waals surface area contributed by atoms with E-state index in [0.29, 0.717) is 24.9 Å². The van der Waals surface area contributed by atoms with Crippen molar-refractivity contribution in [3.63, 3.8) is 0 Å². The summed E-state index contributed by atoms with van der Waals surface area (Å²) in [7, 11) is 0. The molecule has 1 aliphatic rings. The van der Waals surface area contributed by atoms with Crippen LogP contribution in [-0.2, 0) is 4.74 Å². The topological polar surface area (TPSA) is 76.6 Å². The monoisotopic (exact) mass is 382 g/mol. The number of anilines is 1. The first kappa shape index (κ1) is 20.6. The number of aromatic nitrogens is 2. The highest BCUT2D eigenvalue weighted by molar-refractivity contribution is 7.98. The molecular formula is C18H30N4O3S. The van der Waals surface area contributed by atoms with Gasteiger partial charge in [-0.1, -0.05) is 11.8 Å². The number of piperidine rings is 1. The Labute approximate surface area is 160 Å². The molecule has 0 radical (unpaired) electrons. The van der Waals surface area contributed by atoms with Gasteiger partial charge in [0.15, 0.2) is 5.16 Å². The summed E-state index contributed by atoms with van der Waals surface area (Å²) in [5.41, 5.74) is -0.465. The lowest BCUT2D eigenvalue weighted by molar-refractivity contribution is 0.0517. The predicted octanol–water partition coefficient (Wildman–Crippen LogP) is 3.34. The third-order valence-corrected chi connectivity index (χ3v) is 4.56. The van der Waals surface area contributed by atoms with Crippen molar-refractivity contribution in [3.05, 3.63) is 6.07 Å². The Bertz CT molecular complexity index is 599. The molecule has 1 N–H and O–H groups in total. The molecule has 146 valence electrons. The third-order valence-electron chi connectivity index (χ3n) is 4.02. The van der Waals surface area contributed by atoms with Crippen molar-refractivity contribution in [2.75, 3.05) is 37.4 Å². The normalized spacial score (nSPS) is 15.7. The van der Waals surface area contributed by atoms with Gasteiger partial charge in [0.25, 0.3) is 0 Å². The molecule has 1 saturated heterocycles. The molecule has 0 aliphatic carbocycles. The molecule has 2 heterocycles. The van der Waals surface area contributed by atoms with E-state index in [0.717, 1.165) is 36.9 Å². The van der Waals surface area contributed by atoms with Crippen molar-refractivity contribution in [3.8, 4) is 5.88 Å². The van der Waals surface area contributed by atoms with Gasteiger partial charge in [-0.25, -0.2) is 9.78 Å². The summed E-state index contributed by atoms with van der Waals surface area (Å²) < 4.78 is 10.8. The summed E-state index contributed by atoms with van der Waals surface area (Å²) in [6.07, 6.45) is 3.61. The van der Waals surface area contributed by atoms with E-state index in [2.05, 4.69) is 20.2 Å². The average Bonchev–Trinajstić information content (AvgIpc) is 2.59. The van der Waals surface area contributed by atoms with Crippen LogP contribution in [-0.4, -0.2) is 54.2 Å². The Balaban J connectivity index is 1.86. The van der Waals surface area contributed by atoms with Crippen LogP contribution >= 0.6 is 11.8 Å². The number of carbonyl (C=O) groups is 1. The van der Waals surface area contributed by atoms with Gasteiger partial charge in [0.1, 0.15) is 11.4 Å². The lowest BCUT2D eigenvalue weighted by Gasteiger charge is -2.33. The number of rotatable bonds is 6. The zero-order valence-corrected chi connectivity index (χ0v) is 17.2. The third kappa shape index (κ3) is 6.55. The molecule has 1 aliphatic heterocycles. The lowest BCUT2D eigenvalue weighted by Crippen LogP contribution is -2.40. The van der Waals surface area contributed by atoms with Crippen LogP contribution < -0.4 is 15.0 Å². The smallest absolute Gasteiger partial charge is 0.407 e. The second kappa shape index (κ2) is 9.30. The van der Waals surface area contributed by atoms with Crippen LogP contribution in [0.5, 0.6) is 5.88 Å². The van der Waals surface area contributed by atoms with Gasteiger partial charge in [-0.05, 0) is 52.7 Å². The molecule has 1 fully saturated rings. The van der Waals surface area contributed by atoms with Crippen LogP contribution in [0.15, 0.2) is 11.2 Å². The first-order valence-electron chi connectivity index (χ1n) is 9.08. The number of thioether (sulfide) groups is 1. The van der Waals surface area contributed by atoms with E-state index >= 15 is 0 Å². The molecule has 0 saturated carbocycles. The maximum atomic E-state index is 11.8. The van der Waals surface area contributed by atoms with Crippen molar-refractivity contribution in [1.82, 2.24) is 15.3 Å². The minimum atomic E-state index is -0.465. The lowest BCUT2D eigenvalue weighted by atomic mass is 9.97. The number of alkyl carbamates (subject to hydrolysis) is 1. The molecule has 26 heavy (non-hydrogen) atoms. The van der Waals surface area contributed by atoms with Gasteiger partial charge >= 0.3 is 6.09 Å². The summed E-state index contributed by atoms with van der Waals surface area (Å²) in [6.45, 7) is 10.6. The molecular weight excluding hydrogens is 352 g/mol. The summed E-state index contributed by atoms with van der Waals surface area (Å²) in [5.74, 6) is 1.98. The standard InChI is InChI=1S/C18H30N4O3S/c1-6-24-15-11-14(20-16(21-15)26-5)22-9-7-13(8-10-22)12-19-17(23)25-18(2,3)4/h11,13H,6-10,12H2,1-5H3,(H,19,23). The molecule has 7 nitrogen and oxygen atoms in total. The second-order valence-electron chi connectivity index (χ2n) is 7.30. The molecule has 0 unspecified atom stereocenters. The van der Waals surface area contributed by atoms with Crippen molar-refractivity contribution in [2.24, 2.45) is 5.92 Å². The zero-order valence-electron chi connectivity index (χ0n) is 16.4. The highest BCUT2D eigenvalue weighted by Gasteiger charge is 2.23. The maximum absolute atomic E-state index is 11.8. The highest BCUT2D eigenvalue weighted by Crippen LogP contribution is 2.26. The molecule has 1 aromatic heterocycles. The molecule has 0 aromatic carbocycles. The minimum Gasteiger partial charge on any atom is -0.478 e. The van der Waals surface area contributed by atoms with Crippen molar-refractivity contribution < 1.29 is 14.3 Å². The first-order valence-corrected chi connectivity index (χ1v) is 10.3. The van der Waals surface area contributed by atoms with E-state index in [1.807, 2.05) is 40.0 Å². The minimum absolute atomic E-state index is 0.346. The Hall–Kier alpha value is -1.70. The Morgan fingerprint density at radius 2 is 2.04 bits per heavy atom. The van der Waals surface area contributed by atoms with E-state index in [9.17, 15) is 4.79 Å². The Morgan fingerprint density at radius 3 is 2.62 bits per heavy atom. The fraction of sp³-hybridized carbons (Fsp3) is 0.722. The van der Waals surface area contributed by atoms with Crippen LogP contribution in [0.3, 0.4) is 0 Å². The summed E-state index contributed by atoms with van der Waals surface area (Å²) in [6, 6.07) is 1.91. The number of hydrogen-bond acceptors (Lipinski definition) is 7. The van der Waals surface area contributed by atoms with Crippen LogP contribution in [0.1, 0.15) is 40.5 Å². The molecule has 1 aromatic rings. The summed E-state index contributed by atoms with van der Waals surface area (Å²) in [4.78, 5) is 23.0. The van der Waals surface area contributed by atoms with Gasteiger partial charge in [0, 0.05) is 25.7 Å². The molecule has 0 spiro atoms. The van der Waals surface area contributed by atoms with Crippen LogP contribution in [0.25, 0.3) is 0 Å². The van der Waals surface area contributed by atoms with E-state index in [4.69, 9.17) is 9.47 Å². The van der Waals surface area contributed by atoms with Gasteiger partial charge in [-0.2, -0.15) is 4.98 Å². The number of hydrogen-bond donors (Lipinski definition) is 1. The van der Waals surface area contributed by atoms with E-state index in [-0.39, 0.29) is 6.09 Å². The van der Waals surface area contributed by atoms with Gasteiger partial charge < -0.3 is 19.7 Å². The largest absolute Gasteiger partial charge is 0.478 e. The van der Waals surface area contributed by atoms with E-state index < -0.39 is 5.60 Å². The van der Waals surface area contributed by atoms with Crippen molar-refractivity contribution in [2.45, 2.75) is 51.3 Å². The van der Waals surface area contributed by atoms with Crippen LogP contribution in [0.4, 0.5) is 10.6 Å². The second-order valence-corrected chi connectivity index (χ2v) is 8.07. The maximum Gasteiger partial charge on any atom is 0.407 e. The first-order chi connectivity index (χ1) is 12.3. The van der Waals surface area contributed by atoms with Gasteiger partial charge in [-0.15, -0.1) is 0 Å². The Morgan fingerprint density at radius 1 is 1.35 bits per heavy atom. The molecule has 1 amide bonds. The molecule has 0 bridgehead atoms. The van der Waals surface area contributed by atoms with Gasteiger partial charge in [-0.3, -0.25) is 0 Å². The molecule has 0 atom stereocenters. The SMILES string of the molecule is CCOc1cc(N2CCC(CNC(=O)OC(C)(C)C)CC2)nc(SC)n1. The highest BCUT2D eigenvalue weighted by atomic mass is 32.2. The predicted molar refractivity (Wildman–Crippen MR) is 104 cm³/mol. The van der Waals surface area contributed by atoms with E-state index in [1.165, 1.54) is 11.8 Å². The summed E-state index contributed by atoms with van der Waals surface area (Å²) >= 11 is 1.51. The number of nitrogens with one attached hydrogen (secondary N) is 1. The fourth-order valence-electron chi connectivity index (χ4n) is 2.78.